The third-order valence-electron chi connectivity index (χ3n) is 3.66. The van der Waals surface area contributed by atoms with Gasteiger partial charge in [-0.15, -0.1) is 5.10 Å². The van der Waals surface area contributed by atoms with Crippen molar-refractivity contribution < 1.29 is 19.1 Å². The van der Waals surface area contributed by atoms with Crippen molar-refractivity contribution >= 4 is 11.9 Å². The summed E-state index contributed by atoms with van der Waals surface area (Å²) in [6, 6.07) is 6.01. The van der Waals surface area contributed by atoms with Gasteiger partial charge in [0, 0.05) is 7.05 Å². The van der Waals surface area contributed by atoms with Crippen molar-refractivity contribution in [2.75, 3.05) is 7.05 Å². The highest BCUT2D eigenvalue weighted by Gasteiger charge is 2.36. The molecule has 0 fully saturated rings. The summed E-state index contributed by atoms with van der Waals surface area (Å²) in [5, 5.41) is 16.7. The SMILES string of the molecule is CN(C(=O)c1cn(Cc2cccc(F)c2)nn1)C(C)(C)C(=O)O. The molecule has 0 spiro atoms. The van der Waals surface area contributed by atoms with Crippen molar-refractivity contribution in [1.82, 2.24) is 19.9 Å². The molecule has 8 heteroatoms. The summed E-state index contributed by atoms with van der Waals surface area (Å²) in [7, 11) is 1.39. The van der Waals surface area contributed by atoms with Gasteiger partial charge in [-0.3, -0.25) is 4.79 Å². The van der Waals surface area contributed by atoms with E-state index >= 15 is 0 Å². The number of aromatic nitrogens is 3. The van der Waals surface area contributed by atoms with E-state index < -0.39 is 17.4 Å². The third kappa shape index (κ3) is 3.53. The van der Waals surface area contributed by atoms with Crippen LogP contribution in [0.1, 0.15) is 29.9 Å². The first-order valence-corrected chi connectivity index (χ1v) is 6.88. The number of amides is 1. The highest BCUT2D eigenvalue weighted by Crippen LogP contribution is 2.15. The van der Waals surface area contributed by atoms with Crippen LogP contribution >= 0.6 is 0 Å². The molecule has 0 aliphatic heterocycles. The number of aliphatic carboxylic acids is 1. The number of likely N-dealkylation sites (N-methyl/N-ethyl adjacent to an activating group) is 1. The zero-order valence-corrected chi connectivity index (χ0v) is 13.0. The summed E-state index contributed by atoms with van der Waals surface area (Å²) < 4.78 is 14.5. The topological polar surface area (TPSA) is 88.3 Å². The number of halogens is 1. The molecule has 1 N–H and O–H groups in total. The minimum atomic E-state index is -1.37. The number of benzene rings is 1. The lowest BCUT2D eigenvalue weighted by Gasteiger charge is -2.30. The Morgan fingerprint density at radius 2 is 2.09 bits per heavy atom. The number of hydrogen-bond donors (Lipinski definition) is 1. The Balaban J connectivity index is 2.15. The fraction of sp³-hybridized carbons (Fsp3) is 0.333. The van der Waals surface area contributed by atoms with E-state index in [0.29, 0.717) is 5.56 Å². The lowest BCUT2D eigenvalue weighted by atomic mass is 10.0. The molecule has 23 heavy (non-hydrogen) atoms. The molecule has 0 atom stereocenters. The number of hydrogen-bond acceptors (Lipinski definition) is 4. The zero-order chi connectivity index (χ0) is 17.2. The van der Waals surface area contributed by atoms with E-state index in [1.54, 1.807) is 12.1 Å². The van der Waals surface area contributed by atoms with Crippen molar-refractivity contribution in [3.8, 4) is 0 Å². The average molecular weight is 320 g/mol. The summed E-state index contributed by atoms with van der Waals surface area (Å²) in [6.07, 6.45) is 1.40. The molecular formula is C15H17FN4O3. The molecule has 0 radical (unpaired) electrons. The standard InChI is InChI=1S/C15H17FN4O3/c1-15(2,14(22)23)19(3)13(21)12-9-20(18-17-12)8-10-5-4-6-11(16)7-10/h4-7,9H,8H2,1-3H3,(H,22,23). The zero-order valence-electron chi connectivity index (χ0n) is 13.0. The number of nitrogens with zero attached hydrogens (tertiary/aromatic N) is 4. The molecule has 0 aliphatic rings. The fourth-order valence-corrected chi connectivity index (χ4v) is 1.87. The molecule has 1 aromatic carbocycles. The molecule has 1 amide bonds. The van der Waals surface area contributed by atoms with Gasteiger partial charge in [-0.2, -0.15) is 0 Å². The highest BCUT2D eigenvalue weighted by atomic mass is 19.1. The van der Waals surface area contributed by atoms with Crippen LogP contribution < -0.4 is 0 Å². The number of carboxylic acid groups (broad SMARTS) is 1. The molecule has 2 rings (SSSR count). The van der Waals surface area contributed by atoms with Crippen molar-refractivity contribution in [2.24, 2.45) is 0 Å². The minimum Gasteiger partial charge on any atom is -0.480 e. The monoisotopic (exact) mass is 320 g/mol. The largest absolute Gasteiger partial charge is 0.480 e. The van der Waals surface area contributed by atoms with Crippen LogP contribution in [0.2, 0.25) is 0 Å². The van der Waals surface area contributed by atoms with Crippen LogP contribution in [-0.2, 0) is 11.3 Å². The summed E-state index contributed by atoms with van der Waals surface area (Å²) in [5.74, 6) is -2.04. The van der Waals surface area contributed by atoms with Crippen LogP contribution in [0.4, 0.5) is 4.39 Å². The molecule has 7 nitrogen and oxygen atoms in total. The van der Waals surface area contributed by atoms with E-state index in [2.05, 4.69) is 10.3 Å². The summed E-state index contributed by atoms with van der Waals surface area (Å²) >= 11 is 0. The molecule has 2 aromatic rings. The Morgan fingerprint density at radius 1 is 1.39 bits per heavy atom. The minimum absolute atomic E-state index is 0.0261. The van der Waals surface area contributed by atoms with Crippen LogP contribution in [0.5, 0.6) is 0 Å². The van der Waals surface area contributed by atoms with Gasteiger partial charge in [0.1, 0.15) is 11.4 Å². The van der Waals surface area contributed by atoms with Gasteiger partial charge in [0.15, 0.2) is 5.69 Å². The van der Waals surface area contributed by atoms with E-state index in [9.17, 15) is 14.0 Å². The summed E-state index contributed by atoms with van der Waals surface area (Å²) in [5.41, 5.74) is -0.671. The predicted octanol–water partition coefficient (Wildman–Crippen LogP) is 1.40. The van der Waals surface area contributed by atoms with Gasteiger partial charge in [-0.25, -0.2) is 13.9 Å². The van der Waals surface area contributed by atoms with Crippen LogP contribution in [0, 0.1) is 5.82 Å². The number of carboxylic acids is 1. The number of carbonyl (C=O) groups is 2. The molecule has 0 saturated carbocycles. The molecule has 0 aliphatic carbocycles. The van der Waals surface area contributed by atoms with E-state index in [0.717, 1.165) is 4.90 Å². The van der Waals surface area contributed by atoms with Gasteiger partial charge in [-0.1, -0.05) is 17.3 Å². The molecule has 122 valence electrons. The van der Waals surface area contributed by atoms with Gasteiger partial charge < -0.3 is 10.0 Å². The van der Waals surface area contributed by atoms with Gasteiger partial charge in [0.25, 0.3) is 5.91 Å². The average Bonchev–Trinajstić information content (AvgIpc) is 2.94. The molecule has 0 saturated heterocycles. The Kier molecular flexibility index (Phi) is 4.44. The van der Waals surface area contributed by atoms with Crippen LogP contribution in [0.25, 0.3) is 0 Å². The lowest BCUT2D eigenvalue weighted by Crippen LogP contribution is -2.50. The first-order chi connectivity index (χ1) is 10.7. The molecular weight excluding hydrogens is 303 g/mol. The van der Waals surface area contributed by atoms with E-state index in [1.165, 1.54) is 43.9 Å². The predicted molar refractivity (Wildman–Crippen MR) is 79.3 cm³/mol. The van der Waals surface area contributed by atoms with Crippen LogP contribution in [-0.4, -0.2) is 49.5 Å². The van der Waals surface area contributed by atoms with E-state index in [4.69, 9.17) is 5.11 Å². The molecule has 1 heterocycles. The van der Waals surface area contributed by atoms with Crippen molar-refractivity contribution in [3.05, 3.63) is 47.5 Å². The summed E-state index contributed by atoms with van der Waals surface area (Å²) in [6.45, 7) is 3.10. The van der Waals surface area contributed by atoms with Gasteiger partial charge in [-0.05, 0) is 31.5 Å². The van der Waals surface area contributed by atoms with Gasteiger partial charge >= 0.3 is 5.97 Å². The maximum Gasteiger partial charge on any atom is 0.329 e. The maximum absolute atomic E-state index is 13.2. The third-order valence-corrected chi connectivity index (χ3v) is 3.66. The van der Waals surface area contributed by atoms with E-state index in [-0.39, 0.29) is 18.1 Å². The lowest BCUT2D eigenvalue weighted by molar-refractivity contribution is -0.147. The maximum atomic E-state index is 13.2. The molecule has 1 aromatic heterocycles. The number of rotatable bonds is 5. The smallest absolute Gasteiger partial charge is 0.329 e. The first kappa shape index (κ1) is 16.6. The Labute approximate surface area is 132 Å². The van der Waals surface area contributed by atoms with Crippen LogP contribution in [0.15, 0.2) is 30.5 Å². The Morgan fingerprint density at radius 3 is 2.70 bits per heavy atom. The number of carbonyl (C=O) groups excluding carboxylic acids is 1. The van der Waals surface area contributed by atoms with Crippen molar-refractivity contribution in [1.29, 1.82) is 0 Å². The fourth-order valence-electron chi connectivity index (χ4n) is 1.87. The first-order valence-electron chi connectivity index (χ1n) is 6.88. The molecule has 0 bridgehead atoms. The second-order valence-electron chi connectivity index (χ2n) is 5.66. The normalized spacial score (nSPS) is 11.3. The Bertz CT molecular complexity index is 742. The van der Waals surface area contributed by atoms with E-state index in [1.807, 2.05) is 0 Å². The van der Waals surface area contributed by atoms with Crippen molar-refractivity contribution in [2.45, 2.75) is 25.9 Å². The van der Waals surface area contributed by atoms with Crippen molar-refractivity contribution in [3.63, 3.8) is 0 Å². The van der Waals surface area contributed by atoms with Crippen LogP contribution in [0.3, 0.4) is 0 Å². The highest BCUT2D eigenvalue weighted by molar-refractivity contribution is 5.95. The van der Waals surface area contributed by atoms with Gasteiger partial charge in [0.2, 0.25) is 0 Å². The molecule has 0 unspecified atom stereocenters. The summed E-state index contributed by atoms with van der Waals surface area (Å²) in [4.78, 5) is 24.6. The second kappa shape index (κ2) is 6.15. The van der Waals surface area contributed by atoms with Gasteiger partial charge in [0.05, 0.1) is 12.7 Å². The Hall–Kier alpha value is -2.77. The quantitative estimate of drug-likeness (QED) is 0.899. The second-order valence-corrected chi connectivity index (χ2v) is 5.66.